The van der Waals surface area contributed by atoms with Crippen LogP contribution in [0.2, 0.25) is 0 Å². The molecule has 3 aromatic heterocycles. The van der Waals surface area contributed by atoms with Gasteiger partial charge in [0, 0.05) is 6.20 Å². The highest BCUT2D eigenvalue weighted by molar-refractivity contribution is 5.71. The molecule has 0 aromatic carbocycles. The quantitative estimate of drug-likeness (QED) is 0.736. The van der Waals surface area contributed by atoms with E-state index in [0.29, 0.717) is 17.2 Å². The molecule has 0 fully saturated rings. The van der Waals surface area contributed by atoms with E-state index < -0.39 is 23.3 Å². The van der Waals surface area contributed by atoms with Gasteiger partial charge < -0.3 is 14.3 Å². The van der Waals surface area contributed by atoms with Crippen LogP contribution in [0.15, 0.2) is 45.7 Å². The van der Waals surface area contributed by atoms with Crippen molar-refractivity contribution in [3.8, 4) is 5.88 Å². The van der Waals surface area contributed by atoms with Crippen LogP contribution < -0.4 is 5.56 Å². The zero-order chi connectivity index (χ0) is 17.3. The summed E-state index contributed by atoms with van der Waals surface area (Å²) in [5, 5.41) is 10.3. The van der Waals surface area contributed by atoms with Crippen LogP contribution in [0.5, 0.6) is 5.88 Å². The fourth-order valence-corrected chi connectivity index (χ4v) is 2.63. The molecule has 0 saturated heterocycles. The van der Waals surface area contributed by atoms with Crippen molar-refractivity contribution >= 4 is 11.6 Å². The van der Waals surface area contributed by atoms with Gasteiger partial charge >= 0.3 is 5.97 Å². The fourth-order valence-electron chi connectivity index (χ4n) is 2.63. The van der Waals surface area contributed by atoms with Crippen molar-refractivity contribution in [1.82, 2.24) is 9.38 Å². The van der Waals surface area contributed by atoms with Gasteiger partial charge in [-0.3, -0.25) is 14.0 Å². The number of esters is 1. The molecular weight excluding hydrogens is 312 g/mol. The molecule has 0 aliphatic carbocycles. The van der Waals surface area contributed by atoms with Gasteiger partial charge in [-0.25, -0.2) is 0 Å². The van der Waals surface area contributed by atoms with E-state index in [1.165, 1.54) is 11.5 Å². The number of fused-ring (bicyclic) bond motifs is 1. The molecule has 0 aliphatic rings. The molecule has 0 radical (unpaired) electrons. The predicted octanol–water partition coefficient (Wildman–Crippen LogP) is 2.00. The van der Waals surface area contributed by atoms with E-state index in [4.69, 9.17) is 9.15 Å². The standard InChI is InChI=1S/C17H16N2O5/c1-10-6-7-12(24-10)11(9-14(20)23-2)15-16(21)18-13-5-3-4-8-19(13)17(15)22/h3-8,11,21H,9H2,1-2H3/t11-/m0/s1. The number of aryl methyl sites for hydroxylation is 1. The summed E-state index contributed by atoms with van der Waals surface area (Å²) >= 11 is 0. The Balaban J connectivity index is 2.22. The largest absolute Gasteiger partial charge is 0.493 e. The number of hydrogen-bond acceptors (Lipinski definition) is 6. The van der Waals surface area contributed by atoms with E-state index in [2.05, 4.69) is 4.98 Å². The maximum absolute atomic E-state index is 12.8. The number of aromatic nitrogens is 2. The number of pyridine rings is 1. The second kappa shape index (κ2) is 6.19. The molecule has 0 amide bonds. The van der Waals surface area contributed by atoms with Crippen molar-refractivity contribution in [2.45, 2.75) is 19.3 Å². The normalized spacial score (nSPS) is 12.2. The molecular formula is C17H16N2O5. The van der Waals surface area contributed by atoms with E-state index in [0.717, 1.165) is 0 Å². The van der Waals surface area contributed by atoms with Crippen LogP contribution in [-0.4, -0.2) is 27.6 Å². The molecule has 24 heavy (non-hydrogen) atoms. The maximum atomic E-state index is 12.8. The number of furan rings is 1. The van der Waals surface area contributed by atoms with E-state index >= 15 is 0 Å². The molecule has 0 aliphatic heterocycles. The number of nitrogens with zero attached hydrogens (tertiary/aromatic N) is 2. The minimum Gasteiger partial charge on any atom is -0.493 e. The zero-order valence-corrected chi connectivity index (χ0v) is 13.2. The molecule has 3 rings (SSSR count). The van der Waals surface area contributed by atoms with Crippen molar-refractivity contribution < 1.29 is 19.1 Å². The average Bonchev–Trinajstić information content (AvgIpc) is 3.00. The molecule has 0 bridgehead atoms. The van der Waals surface area contributed by atoms with Gasteiger partial charge in [-0.1, -0.05) is 6.07 Å². The monoisotopic (exact) mass is 328 g/mol. The summed E-state index contributed by atoms with van der Waals surface area (Å²) < 4.78 is 11.6. The number of rotatable bonds is 4. The summed E-state index contributed by atoms with van der Waals surface area (Å²) in [5.41, 5.74) is -0.143. The highest BCUT2D eigenvalue weighted by Crippen LogP contribution is 2.32. The van der Waals surface area contributed by atoms with Crippen molar-refractivity contribution in [3.05, 3.63) is 64.0 Å². The van der Waals surface area contributed by atoms with Gasteiger partial charge in [-0.15, -0.1) is 0 Å². The first-order chi connectivity index (χ1) is 11.5. The average molecular weight is 328 g/mol. The van der Waals surface area contributed by atoms with E-state index in [1.54, 1.807) is 43.5 Å². The minimum atomic E-state index is -0.789. The van der Waals surface area contributed by atoms with Crippen LogP contribution in [0, 0.1) is 6.92 Å². The summed E-state index contributed by atoms with van der Waals surface area (Å²) in [5.74, 6) is -0.709. The molecule has 7 heteroatoms. The Labute approximate surface area is 137 Å². The molecule has 0 spiro atoms. The zero-order valence-electron chi connectivity index (χ0n) is 13.2. The van der Waals surface area contributed by atoms with Crippen LogP contribution in [0.25, 0.3) is 5.65 Å². The summed E-state index contributed by atoms with van der Waals surface area (Å²) in [6.07, 6.45) is 1.41. The maximum Gasteiger partial charge on any atom is 0.306 e. The number of hydrogen-bond donors (Lipinski definition) is 1. The highest BCUT2D eigenvalue weighted by Gasteiger charge is 2.29. The Kier molecular flexibility index (Phi) is 4.07. The van der Waals surface area contributed by atoms with E-state index in [9.17, 15) is 14.7 Å². The van der Waals surface area contributed by atoms with Crippen LogP contribution in [0.4, 0.5) is 0 Å². The van der Waals surface area contributed by atoms with Crippen LogP contribution in [0.1, 0.15) is 29.4 Å². The molecule has 0 saturated carbocycles. The number of ether oxygens (including phenoxy) is 1. The second-order valence-electron chi connectivity index (χ2n) is 5.36. The molecule has 1 atom stereocenters. The Morgan fingerprint density at radius 3 is 2.83 bits per heavy atom. The van der Waals surface area contributed by atoms with Crippen LogP contribution >= 0.6 is 0 Å². The lowest BCUT2D eigenvalue weighted by Gasteiger charge is -2.15. The predicted molar refractivity (Wildman–Crippen MR) is 85.0 cm³/mol. The number of methoxy groups -OCH3 is 1. The van der Waals surface area contributed by atoms with Gasteiger partial charge in [0.15, 0.2) is 0 Å². The summed E-state index contributed by atoms with van der Waals surface area (Å²) in [6, 6.07) is 8.40. The third-order valence-corrected chi connectivity index (χ3v) is 3.80. The third kappa shape index (κ3) is 2.76. The van der Waals surface area contributed by atoms with E-state index in [1.807, 2.05) is 0 Å². The molecule has 3 heterocycles. The topological polar surface area (TPSA) is 94.0 Å². The third-order valence-electron chi connectivity index (χ3n) is 3.80. The van der Waals surface area contributed by atoms with Gasteiger partial charge in [-0.05, 0) is 31.2 Å². The Hall–Kier alpha value is -3.09. The summed E-state index contributed by atoms with van der Waals surface area (Å²) in [4.78, 5) is 28.6. The van der Waals surface area contributed by atoms with Gasteiger partial charge in [-0.2, -0.15) is 4.98 Å². The first-order valence-electron chi connectivity index (χ1n) is 7.34. The van der Waals surface area contributed by atoms with E-state index in [-0.39, 0.29) is 12.0 Å². The lowest BCUT2D eigenvalue weighted by Crippen LogP contribution is -2.24. The molecule has 124 valence electrons. The Bertz CT molecular complexity index is 957. The summed E-state index contributed by atoms with van der Waals surface area (Å²) in [6.45, 7) is 1.75. The number of carbonyl (C=O) groups is 1. The molecule has 0 unspecified atom stereocenters. The van der Waals surface area contributed by atoms with Crippen LogP contribution in [0.3, 0.4) is 0 Å². The van der Waals surface area contributed by atoms with Crippen molar-refractivity contribution in [3.63, 3.8) is 0 Å². The van der Waals surface area contributed by atoms with Crippen molar-refractivity contribution in [2.75, 3.05) is 7.11 Å². The minimum absolute atomic E-state index is 0.00144. The lowest BCUT2D eigenvalue weighted by molar-refractivity contribution is -0.140. The number of aromatic hydroxyl groups is 1. The van der Waals surface area contributed by atoms with Gasteiger partial charge in [0.1, 0.15) is 17.2 Å². The Morgan fingerprint density at radius 2 is 2.17 bits per heavy atom. The number of carbonyl (C=O) groups excluding carboxylic acids is 1. The summed E-state index contributed by atoms with van der Waals surface area (Å²) in [7, 11) is 1.26. The first-order valence-corrected chi connectivity index (χ1v) is 7.34. The van der Waals surface area contributed by atoms with Crippen LogP contribution in [-0.2, 0) is 9.53 Å². The van der Waals surface area contributed by atoms with Crippen molar-refractivity contribution in [1.29, 1.82) is 0 Å². The molecule has 1 N–H and O–H groups in total. The highest BCUT2D eigenvalue weighted by atomic mass is 16.5. The first kappa shape index (κ1) is 15.8. The lowest BCUT2D eigenvalue weighted by atomic mass is 9.94. The second-order valence-corrected chi connectivity index (χ2v) is 5.36. The SMILES string of the molecule is COC(=O)C[C@@H](c1ccc(C)o1)c1c(O)nc2ccccn2c1=O. The van der Waals surface area contributed by atoms with Gasteiger partial charge in [0.05, 0.1) is 25.0 Å². The van der Waals surface area contributed by atoms with Gasteiger partial charge in [0.25, 0.3) is 5.56 Å². The van der Waals surface area contributed by atoms with Gasteiger partial charge in [0.2, 0.25) is 5.88 Å². The van der Waals surface area contributed by atoms with Crippen molar-refractivity contribution in [2.24, 2.45) is 0 Å². The molecule has 7 nitrogen and oxygen atoms in total. The smallest absolute Gasteiger partial charge is 0.306 e. The Morgan fingerprint density at radius 1 is 1.38 bits per heavy atom. The fraction of sp³-hybridized carbons (Fsp3) is 0.235. The molecule has 3 aromatic rings.